The van der Waals surface area contributed by atoms with Gasteiger partial charge in [-0.3, -0.25) is 19.2 Å². The van der Waals surface area contributed by atoms with Crippen molar-refractivity contribution >= 4 is 94.6 Å². The minimum Gasteiger partial charge on any atom is -0.494 e. The van der Waals surface area contributed by atoms with Crippen LogP contribution in [-0.2, 0) is 29.3 Å². The van der Waals surface area contributed by atoms with Gasteiger partial charge in [0.25, 0.3) is 22.8 Å². The van der Waals surface area contributed by atoms with E-state index in [4.69, 9.17) is 37.6 Å². The Morgan fingerprint density at radius 1 is 0.385 bits per heavy atom. The molecule has 0 heterocycles. The topological polar surface area (TPSA) is 204 Å². The molecule has 0 bridgehead atoms. The Morgan fingerprint density at radius 2 is 0.670 bits per heavy atom. The lowest BCUT2D eigenvalue weighted by Crippen LogP contribution is -2.16. The van der Waals surface area contributed by atoms with Crippen LogP contribution < -0.4 is 4.90 Å². The van der Waals surface area contributed by atoms with Crippen LogP contribution in [0.25, 0.3) is 89.0 Å². The van der Waals surface area contributed by atoms with Crippen molar-refractivity contribution in [2.24, 2.45) is 0 Å². The molecule has 0 fully saturated rings. The van der Waals surface area contributed by atoms with Crippen molar-refractivity contribution < 1.29 is 49.4 Å². The highest BCUT2D eigenvalue weighted by Gasteiger charge is 2.36. The number of carboxylic acids is 4. The molecule has 16 heteroatoms. The van der Waals surface area contributed by atoms with E-state index in [1.165, 1.54) is 30.4 Å². The van der Waals surface area contributed by atoms with E-state index in [1.54, 1.807) is 42.5 Å². The fourth-order valence-corrected chi connectivity index (χ4v) is 10.4. The van der Waals surface area contributed by atoms with Crippen molar-refractivity contribution in [1.82, 2.24) is 0 Å². The van der Waals surface area contributed by atoms with Gasteiger partial charge < -0.3 is 35.2 Å². The molecule has 0 radical (unpaired) electrons. The van der Waals surface area contributed by atoms with E-state index < -0.39 is 58.9 Å². The Bertz CT molecular complexity index is 4600. The lowest BCUT2D eigenvalue weighted by molar-refractivity contribution is -0.133. The molecule has 0 spiro atoms. The van der Waals surface area contributed by atoms with E-state index in [0.717, 1.165) is 83.8 Å². The molecule has 8 aromatic carbocycles. The summed E-state index contributed by atoms with van der Waals surface area (Å²) in [5.74, 6) is -5.44. The number of hydrogen-bond donors (Lipinski definition) is 5. The summed E-state index contributed by atoms with van der Waals surface area (Å²) in [5.41, 5.74) is 12.9. The first-order valence-electron chi connectivity index (χ1n) is 27.6. The number of aliphatic carboxylic acids is 4. The van der Waals surface area contributed by atoms with Crippen LogP contribution >= 0.6 is 0 Å². The van der Waals surface area contributed by atoms with Gasteiger partial charge in [-0.2, -0.15) is 4.85 Å². The first-order chi connectivity index (χ1) is 43.8. The Hall–Kier alpha value is -13.2. The molecule has 0 unspecified atom stereocenters. The number of carbonyl (C=O) groups is 4. The molecule has 9 rings (SSSR count). The third kappa shape index (κ3) is 14.2. The second-order valence-electron chi connectivity index (χ2n) is 20.9. The van der Waals surface area contributed by atoms with Gasteiger partial charge in [0, 0.05) is 22.5 Å². The predicted octanol–water partition coefficient (Wildman–Crippen LogP) is 16.2. The third-order valence-corrected chi connectivity index (χ3v) is 14.9. The molecular weight excluding hydrogens is 1140 g/mol. The van der Waals surface area contributed by atoms with Crippen LogP contribution in [0.5, 0.6) is 0 Å². The minimum absolute atomic E-state index is 0.0870. The average molecular weight is 1200 g/mol. The van der Waals surface area contributed by atoms with Crippen LogP contribution in [0.3, 0.4) is 0 Å². The molecule has 0 aromatic heterocycles. The van der Waals surface area contributed by atoms with E-state index in [0.29, 0.717) is 27.8 Å². The molecule has 8 aromatic rings. The number of nitrogens with zero attached hydrogens (tertiary/aromatic N) is 6. The van der Waals surface area contributed by atoms with Gasteiger partial charge in [-0.1, -0.05) is 159 Å². The molecule has 5 N–H and O–H groups in total. The van der Waals surface area contributed by atoms with Crippen molar-refractivity contribution in [2.45, 2.75) is 19.3 Å². The molecule has 0 amide bonds. The van der Waals surface area contributed by atoms with E-state index in [9.17, 15) is 44.7 Å². The zero-order valence-electron chi connectivity index (χ0n) is 48.5. The first-order valence-corrected chi connectivity index (χ1v) is 27.6. The van der Waals surface area contributed by atoms with E-state index in [2.05, 4.69) is 55.1 Å². The summed E-state index contributed by atoms with van der Waals surface area (Å²) in [6.45, 7) is 40.4. The molecule has 0 saturated carbocycles. The van der Waals surface area contributed by atoms with E-state index in [1.807, 2.05) is 140 Å². The SMILES string of the molecule is [C-]#[N+]/C(=C\c1ccc(C(=Cc2ccc(N(c3ccc(/C=C(\c4ccc(/C=C(\[N+]#[C-])C(=O)O)cc4)c4ccc(/C=C(\[N+]#[C-])OCO)cc4)cc3)c3ccc4c(c3)C(C)(C)c3cc(/C=C(\[N+]#[C-])C(=O)O)ccc3-4)cc2)c2ccc(/C=C(\[N+]#[C-])C(=O)O)cc2)cc1)C(=O)O. The smallest absolute Gasteiger partial charge is 0.343 e. The lowest BCUT2D eigenvalue weighted by Gasteiger charge is -2.28. The normalized spacial score (nSPS) is 12.7. The van der Waals surface area contributed by atoms with Crippen LogP contribution in [0.1, 0.15) is 86.2 Å². The minimum atomic E-state index is -1.35. The Kier molecular flexibility index (Phi) is 18.8. The highest BCUT2D eigenvalue weighted by Crippen LogP contribution is 2.51. The molecule has 0 aliphatic heterocycles. The number of hydrogen-bond acceptors (Lipinski definition) is 7. The van der Waals surface area contributed by atoms with Crippen LogP contribution in [0, 0.1) is 32.9 Å². The van der Waals surface area contributed by atoms with Crippen LogP contribution in [0.15, 0.2) is 211 Å². The quantitative estimate of drug-likeness (QED) is 0.0160. The van der Waals surface area contributed by atoms with Gasteiger partial charge in [0.1, 0.15) is 0 Å². The van der Waals surface area contributed by atoms with Crippen molar-refractivity contribution in [2.75, 3.05) is 11.7 Å². The predicted molar refractivity (Wildman–Crippen MR) is 350 cm³/mol. The summed E-state index contributed by atoms with van der Waals surface area (Å²) in [6, 6.07) is 56.4. The molecule has 0 atom stereocenters. The van der Waals surface area contributed by atoms with Gasteiger partial charge >= 0.3 is 29.8 Å². The molecule has 0 saturated heterocycles. The number of rotatable bonds is 20. The number of fused-ring (bicyclic) bond motifs is 3. The third-order valence-electron chi connectivity index (χ3n) is 14.9. The van der Waals surface area contributed by atoms with Crippen molar-refractivity contribution in [3.05, 3.63) is 340 Å². The monoisotopic (exact) mass is 1190 g/mol. The number of aliphatic hydroxyl groups excluding tert-OH is 1. The fourth-order valence-electron chi connectivity index (χ4n) is 10.4. The molecule has 1 aliphatic rings. The number of aliphatic hydroxyl groups is 1. The molecule has 16 nitrogen and oxygen atoms in total. The zero-order valence-corrected chi connectivity index (χ0v) is 48.5. The Morgan fingerprint density at radius 3 is 1.00 bits per heavy atom. The largest absolute Gasteiger partial charge is 0.494 e. The summed E-state index contributed by atoms with van der Waals surface area (Å²) in [4.78, 5) is 65.0. The van der Waals surface area contributed by atoms with Gasteiger partial charge in [0.2, 0.25) is 0 Å². The van der Waals surface area contributed by atoms with Crippen LogP contribution in [-0.4, -0.2) is 56.2 Å². The number of anilines is 3. The lowest BCUT2D eigenvalue weighted by atomic mass is 9.81. The van der Waals surface area contributed by atoms with Gasteiger partial charge in [0.05, 0.1) is 32.9 Å². The summed E-state index contributed by atoms with van der Waals surface area (Å²) < 4.78 is 5.04. The maximum absolute atomic E-state index is 11.8. The highest BCUT2D eigenvalue weighted by atomic mass is 16.6. The van der Waals surface area contributed by atoms with Crippen molar-refractivity contribution in [3.63, 3.8) is 0 Å². The van der Waals surface area contributed by atoms with Gasteiger partial charge in [-0.15, -0.1) is 0 Å². The Balaban J connectivity index is 1.16. The number of carboxylic acid groups (broad SMARTS) is 4. The van der Waals surface area contributed by atoms with Crippen LogP contribution in [0.2, 0.25) is 0 Å². The molecule has 91 heavy (non-hydrogen) atoms. The number of benzene rings is 8. The summed E-state index contributed by atoms with van der Waals surface area (Å²) >= 11 is 0. The fraction of sp³-hybridized carbons (Fsp3) is 0.0533. The summed E-state index contributed by atoms with van der Waals surface area (Å²) in [5, 5.41) is 47.5. The summed E-state index contributed by atoms with van der Waals surface area (Å²) in [7, 11) is 0. The maximum Gasteiger partial charge on any atom is 0.343 e. The Labute approximate surface area is 523 Å². The van der Waals surface area contributed by atoms with Gasteiger partial charge in [0.15, 0.2) is 6.79 Å². The average Bonchev–Trinajstić information content (AvgIpc) is 1.59. The number of ether oxygens (including phenoxy) is 1. The first kappa shape index (κ1) is 62.4. The van der Waals surface area contributed by atoms with Crippen LogP contribution in [0.4, 0.5) is 17.1 Å². The molecule has 1 aliphatic carbocycles. The molecular formula is C75H50N6O10. The van der Waals surface area contributed by atoms with Crippen molar-refractivity contribution in [3.8, 4) is 11.1 Å². The summed E-state index contributed by atoms with van der Waals surface area (Å²) in [6.07, 6.45) is 10.7. The van der Waals surface area contributed by atoms with E-state index >= 15 is 0 Å². The van der Waals surface area contributed by atoms with Crippen molar-refractivity contribution in [1.29, 1.82) is 0 Å². The maximum atomic E-state index is 11.8. The standard InChI is InChI=1S/C75H50N6O10/c1-75(2)64-38-52(42-69(79-6)74(89)90)20-34-60(64)61-35-33-59(44-65(61)75)81(57-29-16-46(17-30-57)36-62(53-21-8-48(9-22-53)39-66(76-3)71(83)84)54-23-10-49(11-24-54)40-67(77-4)72(85)86)58-31-18-47(19-32-58)37-63(55-25-12-50(13-26-55)41-68(78-5)73(87)88)56-27-14-51(15-28-56)43-70(80-7)91-45-82/h8-44,82H,45H2,1-2H3,(H,83,84)(H,85,86)(H,87,88)(H,89,90)/b63-37+,66-39-,67-40-,68-41-,69-42-,70-43+. The second-order valence-corrected chi connectivity index (χ2v) is 20.9. The van der Waals surface area contributed by atoms with Gasteiger partial charge in [-0.25, -0.2) is 19.4 Å². The highest BCUT2D eigenvalue weighted by molar-refractivity contribution is 5.99. The van der Waals surface area contributed by atoms with Gasteiger partial charge in [-0.05, 0) is 174 Å². The zero-order chi connectivity index (χ0) is 64.9. The van der Waals surface area contributed by atoms with E-state index in [-0.39, 0.29) is 5.88 Å². The molecule has 440 valence electrons. The second kappa shape index (κ2) is 27.5.